The van der Waals surface area contributed by atoms with Gasteiger partial charge < -0.3 is 18.6 Å². The topological polar surface area (TPSA) is 75.0 Å². The van der Waals surface area contributed by atoms with E-state index in [1.54, 1.807) is 19.1 Å². The van der Waals surface area contributed by atoms with Crippen molar-refractivity contribution in [2.24, 2.45) is 0 Å². The van der Waals surface area contributed by atoms with Crippen LogP contribution in [0, 0.1) is 0 Å². The second-order valence-electron chi connectivity index (χ2n) is 6.44. The lowest BCUT2D eigenvalue weighted by Crippen LogP contribution is -2.15. The van der Waals surface area contributed by atoms with Gasteiger partial charge in [-0.1, -0.05) is 26.0 Å². The van der Waals surface area contributed by atoms with Crippen LogP contribution in [0.3, 0.4) is 0 Å². The predicted octanol–water partition coefficient (Wildman–Crippen LogP) is 4.02. The number of benzene rings is 2. The molecule has 1 heterocycles. The van der Waals surface area contributed by atoms with Gasteiger partial charge in [-0.2, -0.15) is 0 Å². The maximum atomic E-state index is 12.5. The van der Waals surface area contributed by atoms with Gasteiger partial charge in [0.2, 0.25) is 0 Å². The van der Waals surface area contributed by atoms with Crippen molar-refractivity contribution in [2.45, 2.75) is 26.7 Å². The van der Waals surface area contributed by atoms with E-state index in [1.165, 1.54) is 7.11 Å². The van der Waals surface area contributed by atoms with E-state index in [0.29, 0.717) is 28.4 Å². The van der Waals surface area contributed by atoms with E-state index >= 15 is 0 Å². The highest BCUT2D eigenvalue weighted by Gasteiger charge is 2.15. The first-order chi connectivity index (χ1) is 12.9. The number of carbonyl (C=O) groups excluding carboxylic acids is 1. The van der Waals surface area contributed by atoms with Crippen LogP contribution < -0.4 is 15.1 Å². The van der Waals surface area contributed by atoms with Gasteiger partial charge in [0, 0.05) is 16.8 Å². The Hall–Kier alpha value is -3.02. The number of rotatable bonds is 6. The Labute approximate surface area is 156 Å². The highest BCUT2D eigenvalue weighted by molar-refractivity contribution is 6.05. The zero-order chi connectivity index (χ0) is 19.6. The van der Waals surface area contributed by atoms with Gasteiger partial charge >= 0.3 is 11.6 Å². The lowest BCUT2D eigenvalue weighted by atomic mass is 9.98. The molecular formula is C21H22O6. The molecule has 3 aromatic rings. The molecule has 0 saturated carbocycles. The normalized spacial score (nSPS) is 11.1. The predicted molar refractivity (Wildman–Crippen MR) is 103 cm³/mol. The molecule has 0 radical (unpaired) electrons. The molecule has 6 nitrogen and oxygen atoms in total. The maximum absolute atomic E-state index is 12.5. The van der Waals surface area contributed by atoms with Gasteiger partial charge in [-0.3, -0.25) is 0 Å². The summed E-state index contributed by atoms with van der Waals surface area (Å²) < 4.78 is 21.2. The molecule has 0 atom stereocenters. The Morgan fingerprint density at radius 1 is 1.07 bits per heavy atom. The van der Waals surface area contributed by atoms with Crippen LogP contribution in [-0.4, -0.2) is 26.3 Å². The molecule has 6 heteroatoms. The molecule has 0 aliphatic heterocycles. The van der Waals surface area contributed by atoms with E-state index in [1.807, 2.05) is 18.2 Å². The lowest BCUT2D eigenvalue weighted by Gasteiger charge is -2.13. The molecule has 0 saturated heterocycles. The monoisotopic (exact) mass is 370 g/mol. The van der Waals surface area contributed by atoms with Crippen LogP contribution in [0.25, 0.3) is 21.7 Å². The molecule has 0 fully saturated rings. The Kier molecular flexibility index (Phi) is 5.35. The fourth-order valence-corrected chi connectivity index (χ4v) is 2.93. The van der Waals surface area contributed by atoms with E-state index < -0.39 is 11.6 Å². The van der Waals surface area contributed by atoms with E-state index in [4.69, 9.17) is 18.6 Å². The Morgan fingerprint density at radius 3 is 2.52 bits per heavy atom. The highest BCUT2D eigenvalue weighted by Crippen LogP contribution is 2.35. The zero-order valence-electron chi connectivity index (χ0n) is 15.8. The van der Waals surface area contributed by atoms with Gasteiger partial charge in [-0.15, -0.1) is 0 Å². The second-order valence-corrected chi connectivity index (χ2v) is 6.44. The summed E-state index contributed by atoms with van der Waals surface area (Å²) in [7, 11) is 1.51. The van der Waals surface area contributed by atoms with Gasteiger partial charge in [-0.05, 0) is 30.5 Å². The summed E-state index contributed by atoms with van der Waals surface area (Å²) in [6.07, 6.45) is 0. The minimum Gasteiger partial charge on any atom is -0.493 e. The third-order valence-corrected chi connectivity index (χ3v) is 4.34. The number of fused-ring (bicyclic) bond motifs is 3. The molecule has 0 N–H and O–H groups in total. The fourth-order valence-electron chi connectivity index (χ4n) is 2.93. The number of carbonyl (C=O) groups is 1. The van der Waals surface area contributed by atoms with Crippen LogP contribution in [0.15, 0.2) is 39.5 Å². The summed E-state index contributed by atoms with van der Waals surface area (Å²) >= 11 is 0. The number of methoxy groups -OCH3 is 1. The molecular weight excluding hydrogens is 348 g/mol. The van der Waals surface area contributed by atoms with E-state index in [9.17, 15) is 9.59 Å². The maximum Gasteiger partial charge on any atom is 0.344 e. The number of hydrogen-bond donors (Lipinski definition) is 0. The van der Waals surface area contributed by atoms with Crippen LogP contribution >= 0.6 is 0 Å². The molecule has 0 unspecified atom stereocenters. The molecule has 3 rings (SSSR count). The molecule has 0 bridgehead atoms. The number of esters is 1. The third kappa shape index (κ3) is 3.74. The van der Waals surface area contributed by atoms with Crippen molar-refractivity contribution in [1.82, 2.24) is 0 Å². The quantitative estimate of drug-likeness (QED) is 0.371. The van der Waals surface area contributed by atoms with Crippen molar-refractivity contribution in [3.05, 3.63) is 46.3 Å². The van der Waals surface area contributed by atoms with Crippen molar-refractivity contribution in [3.63, 3.8) is 0 Å². The molecule has 0 aliphatic carbocycles. The molecule has 0 aliphatic rings. The fraction of sp³-hybridized carbons (Fsp3) is 0.333. The van der Waals surface area contributed by atoms with Crippen LogP contribution in [0.2, 0.25) is 0 Å². The van der Waals surface area contributed by atoms with Gasteiger partial charge in [-0.25, -0.2) is 9.59 Å². The van der Waals surface area contributed by atoms with E-state index in [-0.39, 0.29) is 13.2 Å². The molecule has 142 valence electrons. The minimum atomic E-state index is -0.485. The summed E-state index contributed by atoms with van der Waals surface area (Å²) in [4.78, 5) is 24.0. The largest absolute Gasteiger partial charge is 0.493 e. The minimum absolute atomic E-state index is 0.259. The van der Waals surface area contributed by atoms with Crippen LogP contribution in [0.1, 0.15) is 32.3 Å². The first-order valence-electron chi connectivity index (χ1n) is 8.81. The molecule has 27 heavy (non-hydrogen) atoms. The number of hydrogen-bond acceptors (Lipinski definition) is 6. The van der Waals surface area contributed by atoms with Crippen molar-refractivity contribution in [3.8, 4) is 11.5 Å². The Bertz CT molecular complexity index is 1050. The molecule has 1 aromatic heterocycles. The highest BCUT2D eigenvalue weighted by atomic mass is 16.6. The summed E-state index contributed by atoms with van der Waals surface area (Å²) in [6, 6.07) is 9.09. The van der Waals surface area contributed by atoms with Crippen molar-refractivity contribution in [2.75, 3.05) is 20.3 Å². The van der Waals surface area contributed by atoms with Gasteiger partial charge in [0.25, 0.3) is 0 Å². The summed E-state index contributed by atoms with van der Waals surface area (Å²) in [5.74, 6) is 0.563. The zero-order valence-corrected chi connectivity index (χ0v) is 15.8. The third-order valence-electron chi connectivity index (χ3n) is 4.34. The average Bonchev–Trinajstić information content (AvgIpc) is 2.65. The molecule has 0 amide bonds. The van der Waals surface area contributed by atoms with E-state index in [2.05, 4.69) is 13.8 Å². The van der Waals surface area contributed by atoms with Gasteiger partial charge in [0.05, 0.1) is 19.1 Å². The van der Waals surface area contributed by atoms with Crippen LogP contribution in [0.4, 0.5) is 0 Å². The Balaban J connectivity index is 2.12. The molecule has 2 aromatic carbocycles. The average molecular weight is 370 g/mol. The molecule has 0 spiro atoms. The summed E-state index contributed by atoms with van der Waals surface area (Å²) in [6.45, 7) is 5.88. The van der Waals surface area contributed by atoms with Crippen molar-refractivity contribution < 1.29 is 23.4 Å². The van der Waals surface area contributed by atoms with Gasteiger partial charge in [0.1, 0.15) is 5.58 Å². The smallest absolute Gasteiger partial charge is 0.344 e. The lowest BCUT2D eigenvalue weighted by molar-refractivity contribution is -0.145. The summed E-state index contributed by atoms with van der Waals surface area (Å²) in [5, 5.41) is 2.04. The van der Waals surface area contributed by atoms with E-state index in [0.717, 1.165) is 16.3 Å². The van der Waals surface area contributed by atoms with Crippen LogP contribution in [-0.2, 0) is 9.53 Å². The van der Waals surface area contributed by atoms with Gasteiger partial charge in [0.15, 0.2) is 18.1 Å². The SMILES string of the molecule is CCOC(=O)COc1cc2oc(=O)c3cc(C(C)C)ccc3c2cc1OC. The second kappa shape index (κ2) is 7.70. The summed E-state index contributed by atoms with van der Waals surface area (Å²) in [5.41, 5.74) is 1.02. The first-order valence-corrected chi connectivity index (χ1v) is 8.81. The van der Waals surface area contributed by atoms with Crippen molar-refractivity contribution >= 4 is 27.7 Å². The standard InChI is InChI=1S/C21H22O6/c1-5-25-20(22)11-26-19-10-17-15(9-18(19)24-4)14-7-6-13(12(2)3)8-16(14)21(23)27-17/h6-10,12H,5,11H2,1-4H3. The first kappa shape index (κ1) is 18.8. The van der Waals surface area contributed by atoms with Crippen molar-refractivity contribution in [1.29, 1.82) is 0 Å². The van der Waals surface area contributed by atoms with Crippen LogP contribution in [0.5, 0.6) is 11.5 Å². The number of ether oxygens (including phenoxy) is 3. The Morgan fingerprint density at radius 2 is 1.85 bits per heavy atom.